The van der Waals surface area contributed by atoms with E-state index >= 15 is 0 Å². The van der Waals surface area contributed by atoms with Crippen LogP contribution in [0.3, 0.4) is 0 Å². The number of ether oxygens (including phenoxy) is 1. The smallest absolute Gasteiger partial charge is 0.261 e. The van der Waals surface area contributed by atoms with Crippen LogP contribution in [0.2, 0.25) is 0 Å². The number of carbonyl (C=O) groups excluding carboxylic acids is 3. The highest BCUT2D eigenvalue weighted by molar-refractivity contribution is 6.21. The average Bonchev–Trinajstić information content (AvgIpc) is 2.91. The third-order valence-corrected chi connectivity index (χ3v) is 5.66. The molecule has 2 aliphatic rings. The summed E-state index contributed by atoms with van der Waals surface area (Å²) in [6.07, 6.45) is 1.07. The van der Waals surface area contributed by atoms with E-state index in [0.29, 0.717) is 24.1 Å². The van der Waals surface area contributed by atoms with E-state index in [-0.39, 0.29) is 48.4 Å². The first-order chi connectivity index (χ1) is 13.7. The lowest BCUT2D eigenvalue weighted by Gasteiger charge is -2.45. The summed E-state index contributed by atoms with van der Waals surface area (Å²) in [4.78, 5) is 40.6. The second-order valence-electron chi connectivity index (χ2n) is 8.66. The van der Waals surface area contributed by atoms with Gasteiger partial charge in [0.25, 0.3) is 11.8 Å². The zero-order chi connectivity index (χ0) is 21.2. The van der Waals surface area contributed by atoms with Gasteiger partial charge in [-0.05, 0) is 46.2 Å². The van der Waals surface area contributed by atoms with Gasteiger partial charge in [-0.15, -0.1) is 0 Å². The van der Waals surface area contributed by atoms with Crippen molar-refractivity contribution in [2.45, 2.75) is 58.3 Å². The van der Waals surface area contributed by atoms with Gasteiger partial charge in [-0.3, -0.25) is 24.2 Å². The van der Waals surface area contributed by atoms with Gasteiger partial charge in [0.1, 0.15) is 0 Å². The van der Waals surface area contributed by atoms with Gasteiger partial charge in [0.15, 0.2) is 0 Å². The van der Waals surface area contributed by atoms with Crippen molar-refractivity contribution in [3.63, 3.8) is 0 Å². The quantitative estimate of drug-likeness (QED) is 0.708. The molecule has 29 heavy (non-hydrogen) atoms. The standard InChI is InChI=1S/C22H31N3O4/c1-15-12-24(13-16(2)29-15)22(3,4)14-23-19(26)10-7-11-25-20(27)17-8-5-6-9-18(17)21(25)28/h5-6,8-9,15-16H,7,10-14H2,1-4H3,(H,23,26)/t15-,16-/m1/s1. The number of amides is 3. The lowest BCUT2D eigenvalue weighted by atomic mass is 10.00. The third-order valence-electron chi connectivity index (χ3n) is 5.66. The highest BCUT2D eigenvalue weighted by atomic mass is 16.5. The van der Waals surface area contributed by atoms with Crippen molar-refractivity contribution in [3.8, 4) is 0 Å². The Morgan fingerprint density at radius 1 is 1.10 bits per heavy atom. The minimum Gasteiger partial charge on any atom is -0.373 e. The van der Waals surface area contributed by atoms with Crippen LogP contribution in [-0.2, 0) is 9.53 Å². The number of hydrogen-bond donors (Lipinski definition) is 1. The number of nitrogens with zero attached hydrogens (tertiary/aromatic N) is 2. The molecule has 0 unspecified atom stereocenters. The third kappa shape index (κ3) is 4.85. The minimum absolute atomic E-state index is 0.0657. The van der Waals surface area contributed by atoms with Crippen LogP contribution in [0.25, 0.3) is 0 Å². The van der Waals surface area contributed by atoms with E-state index in [2.05, 4.69) is 37.9 Å². The first-order valence-corrected chi connectivity index (χ1v) is 10.3. The summed E-state index contributed by atoms with van der Waals surface area (Å²) in [6.45, 7) is 10.8. The maximum atomic E-state index is 12.4. The van der Waals surface area contributed by atoms with Gasteiger partial charge in [0.2, 0.25) is 5.91 Å². The van der Waals surface area contributed by atoms with Gasteiger partial charge in [0, 0.05) is 38.1 Å². The van der Waals surface area contributed by atoms with Crippen molar-refractivity contribution >= 4 is 17.7 Å². The van der Waals surface area contributed by atoms with Crippen molar-refractivity contribution in [3.05, 3.63) is 35.4 Å². The number of fused-ring (bicyclic) bond motifs is 1. The van der Waals surface area contributed by atoms with Crippen LogP contribution in [0.4, 0.5) is 0 Å². The molecule has 0 aliphatic carbocycles. The van der Waals surface area contributed by atoms with E-state index in [1.165, 1.54) is 4.90 Å². The van der Waals surface area contributed by atoms with Crippen LogP contribution < -0.4 is 5.32 Å². The molecule has 1 aromatic rings. The van der Waals surface area contributed by atoms with Crippen LogP contribution in [0, 0.1) is 0 Å². The molecule has 1 saturated heterocycles. The van der Waals surface area contributed by atoms with Gasteiger partial charge >= 0.3 is 0 Å². The molecule has 2 atom stereocenters. The first-order valence-electron chi connectivity index (χ1n) is 10.3. The molecule has 0 bridgehead atoms. The molecule has 0 aromatic heterocycles. The van der Waals surface area contributed by atoms with Gasteiger partial charge in [-0.2, -0.15) is 0 Å². The monoisotopic (exact) mass is 401 g/mol. The maximum absolute atomic E-state index is 12.4. The van der Waals surface area contributed by atoms with E-state index in [4.69, 9.17) is 4.74 Å². The molecule has 0 spiro atoms. The number of carbonyl (C=O) groups is 3. The lowest BCUT2D eigenvalue weighted by Crippen LogP contribution is -2.58. The van der Waals surface area contributed by atoms with Gasteiger partial charge < -0.3 is 10.1 Å². The Hall–Kier alpha value is -2.25. The van der Waals surface area contributed by atoms with Crippen molar-refractivity contribution in [1.82, 2.24) is 15.1 Å². The molecule has 0 radical (unpaired) electrons. The molecule has 3 rings (SSSR count). The Morgan fingerprint density at radius 3 is 2.21 bits per heavy atom. The van der Waals surface area contributed by atoms with E-state index in [9.17, 15) is 14.4 Å². The molecule has 7 nitrogen and oxygen atoms in total. The fourth-order valence-corrected chi connectivity index (χ4v) is 4.03. The number of hydrogen-bond acceptors (Lipinski definition) is 5. The zero-order valence-corrected chi connectivity index (χ0v) is 17.7. The number of imide groups is 1. The predicted molar refractivity (Wildman–Crippen MR) is 110 cm³/mol. The normalized spacial score (nSPS) is 22.7. The number of benzene rings is 1. The topological polar surface area (TPSA) is 79.0 Å². The summed E-state index contributed by atoms with van der Waals surface area (Å²) < 4.78 is 5.79. The zero-order valence-electron chi connectivity index (χ0n) is 17.7. The Bertz CT molecular complexity index is 747. The molecule has 1 aromatic carbocycles. The largest absolute Gasteiger partial charge is 0.373 e. The van der Waals surface area contributed by atoms with E-state index in [1.54, 1.807) is 24.3 Å². The van der Waals surface area contributed by atoms with Crippen LogP contribution in [0.1, 0.15) is 61.3 Å². The Morgan fingerprint density at radius 2 is 1.66 bits per heavy atom. The highest BCUT2D eigenvalue weighted by Crippen LogP contribution is 2.23. The minimum atomic E-state index is -0.275. The van der Waals surface area contributed by atoms with E-state index < -0.39 is 0 Å². The number of rotatable bonds is 7. The molecule has 158 valence electrons. The van der Waals surface area contributed by atoms with Crippen molar-refractivity contribution in [1.29, 1.82) is 0 Å². The Kier molecular flexibility index (Phi) is 6.39. The first kappa shape index (κ1) is 21.5. The molecule has 0 saturated carbocycles. The summed E-state index contributed by atoms with van der Waals surface area (Å²) in [5.74, 6) is -0.616. The fraction of sp³-hybridized carbons (Fsp3) is 0.591. The second kappa shape index (κ2) is 8.63. The van der Waals surface area contributed by atoms with Gasteiger partial charge in [-0.1, -0.05) is 12.1 Å². The fourth-order valence-electron chi connectivity index (χ4n) is 4.03. The lowest BCUT2D eigenvalue weighted by molar-refractivity contribution is -0.123. The van der Waals surface area contributed by atoms with Crippen LogP contribution in [-0.4, -0.2) is 71.4 Å². The van der Waals surface area contributed by atoms with Crippen LogP contribution in [0.5, 0.6) is 0 Å². The maximum Gasteiger partial charge on any atom is 0.261 e. The summed E-state index contributed by atoms with van der Waals surface area (Å²) in [5, 5.41) is 3.01. The molecule has 2 heterocycles. The predicted octanol–water partition coefficient (Wildman–Crippen LogP) is 2.07. The SMILES string of the molecule is C[C@@H]1CN(C(C)(C)CNC(=O)CCCN2C(=O)c3ccccc3C2=O)C[C@@H](C)O1. The van der Waals surface area contributed by atoms with E-state index in [1.807, 2.05) is 0 Å². The number of nitrogens with one attached hydrogen (secondary N) is 1. The van der Waals surface area contributed by atoms with Gasteiger partial charge in [-0.25, -0.2) is 0 Å². The molecule has 7 heteroatoms. The second-order valence-corrected chi connectivity index (χ2v) is 8.66. The highest BCUT2D eigenvalue weighted by Gasteiger charge is 2.35. The summed E-state index contributed by atoms with van der Waals surface area (Å²) in [6, 6.07) is 6.83. The average molecular weight is 402 g/mol. The molecule has 1 fully saturated rings. The number of morpholine rings is 1. The molecule has 1 N–H and O–H groups in total. The van der Waals surface area contributed by atoms with Crippen LogP contribution >= 0.6 is 0 Å². The van der Waals surface area contributed by atoms with Crippen molar-refractivity contribution in [2.75, 3.05) is 26.2 Å². The Labute approximate surface area is 172 Å². The molecule has 2 aliphatic heterocycles. The summed E-state index contributed by atoms with van der Waals surface area (Å²) in [5.41, 5.74) is 0.708. The van der Waals surface area contributed by atoms with Crippen molar-refractivity contribution in [2.24, 2.45) is 0 Å². The Balaban J connectivity index is 1.44. The molecular formula is C22H31N3O4. The molecule has 3 amide bonds. The molecular weight excluding hydrogens is 370 g/mol. The van der Waals surface area contributed by atoms with Crippen LogP contribution in [0.15, 0.2) is 24.3 Å². The van der Waals surface area contributed by atoms with Crippen molar-refractivity contribution < 1.29 is 19.1 Å². The van der Waals surface area contributed by atoms with E-state index in [0.717, 1.165) is 13.1 Å². The van der Waals surface area contributed by atoms with Gasteiger partial charge in [0.05, 0.1) is 23.3 Å². The summed E-state index contributed by atoms with van der Waals surface area (Å²) >= 11 is 0. The summed E-state index contributed by atoms with van der Waals surface area (Å²) in [7, 11) is 0.